The smallest absolute Gasteiger partial charge is 0.307 e. The topological polar surface area (TPSA) is 51.1 Å². The van der Waals surface area contributed by atoms with Crippen molar-refractivity contribution in [2.75, 3.05) is 0 Å². The van der Waals surface area contributed by atoms with Gasteiger partial charge < -0.3 is 9.88 Å². The Hall–Kier alpha value is -1.59. The molecule has 0 unspecified atom stereocenters. The quantitative estimate of drug-likeness (QED) is 0.945. The number of amides is 1. The first-order chi connectivity index (χ1) is 9.00. The first kappa shape index (κ1) is 13.8. The molecule has 1 amide bonds. The molecule has 0 saturated carbocycles. The van der Waals surface area contributed by atoms with Crippen LogP contribution in [0, 0.1) is 6.92 Å². The van der Waals surface area contributed by atoms with Crippen LogP contribution in [0.2, 0.25) is 5.02 Å². The molecule has 1 N–H and O–H groups in total. The number of hydrogen-bond donors (Lipinski definition) is 1. The summed E-state index contributed by atoms with van der Waals surface area (Å²) in [7, 11) is 1.65. The number of hydrogen-bond acceptors (Lipinski definition) is 3. The van der Waals surface area contributed by atoms with Crippen LogP contribution in [0.3, 0.4) is 0 Å². The number of halogens is 1. The van der Waals surface area contributed by atoms with E-state index in [1.165, 1.54) is 4.57 Å². The molecule has 0 radical (unpaired) electrons. The number of rotatable bonds is 3. The molecule has 0 bridgehead atoms. The standard InChI is InChI=1S/C13H13ClN2O2S/c1-8-11(19-13(18)16(8)2)12(17)15-7-9-5-3-4-6-10(9)14/h3-6H,7H2,1-2H3,(H,15,17). The maximum absolute atomic E-state index is 12.0. The Labute approximate surface area is 119 Å². The van der Waals surface area contributed by atoms with Gasteiger partial charge in [-0.2, -0.15) is 0 Å². The van der Waals surface area contributed by atoms with Crippen LogP contribution in [0.15, 0.2) is 29.1 Å². The minimum absolute atomic E-state index is 0.139. The molecule has 0 fully saturated rings. The van der Waals surface area contributed by atoms with E-state index in [0.29, 0.717) is 22.1 Å². The number of benzene rings is 1. The van der Waals surface area contributed by atoms with Gasteiger partial charge in [-0.1, -0.05) is 41.1 Å². The molecule has 1 aromatic heterocycles. The molecule has 6 heteroatoms. The second-order valence-electron chi connectivity index (χ2n) is 4.12. The summed E-state index contributed by atoms with van der Waals surface area (Å²) in [5.74, 6) is -0.250. The lowest BCUT2D eigenvalue weighted by atomic mass is 10.2. The summed E-state index contributed by atoms with van der Waals surface area (Å²) in [6, 6.07) is 7.32. The van der Waals surface area contributed by atoms with E-state index >= 15 is 0 Å². The van der Waals surface area contributed by atoms with Gasteiger partial charge in [-0.05, 0) is 18.6 Å². The van der Waals surface area contributed by atoms with Gasteiger partial charge in [0.1, 0.15) is 4.88 Å². The van der Waals surface area contributed by atoms with Crippen molar-refractivity contribution in [1.29, 1.82) is 0 Å². The Kier molecular flexibility index (Phi) is 4.07. The van der Waals surface area contributed by atoms with Crippen molar-refractivity contribution < 1.29 is 4.79 Å². The average molecular weight is 297 g/mol. The third kappa shape index (κ3) is 2.88. The molecule has 4 nitrogen and oxygen atoms in total. The Bertz CT molecular complexity index is 676. The fourth-order valence-electron chi connectivity index (χ4n) is 1.63. The molecular formula is C13H13ClN2O2S. The summed E-state index contributed by atoms with van der Waals surface area (Å²) >= 11 is 6.96. The Morgan fingerprint density at radius 2 is 2.11 bits per heavy atom. The molecule has 2 aromatic rings. The molecule has 2 rings (SSSR count). The van der Waals surface area contributed by atoms with Gasteiger partial charge in [-0.3, -0.25) is 9.59 Å². The lowest BCUT2D eigenvalue weighted by molar-refractivity contribution is 0.0954. The zero-order chi connectivity index (χ0) is 14.0. The van der Waals surface area contributed by atoms with E-state index < -0.39 is 0 Å². The fraction of sp³-hybridized carbons (Fsp3) is 0.231. The van der Waals surface area contributed by atoms with Crippen LogP contribution in [0.5, 0.6) is 0 Å². The summed E-state index contributed by atoms with van der Waals surface area (Å²) in [5.41, 5.74) is 1.52. The van der Waals surface area contributed by atoms with Gasteiger partial charge in [0, 0.05) is 24.3 Å². The SMILES string of the molecule is Cc1c(C(=O)NCc2ccccc2Cl)sc(=O)n1C. The normalized spacial score (nSPS) is 10.5. The predicted octanol–water partition coefficient (Wildman–Crippen LogP) is 2.34. The maximum Gasteiger partial charge on any atom is 0.307 e. The van der Waals surface area contributed by atoms with Crippen LogP contribution in [0.1, 0.15) is 20.9 Å². The Balaban J connectivity index is 2.12. The van der Waals surface area contributed by atoms with E-state index in [0.717, 1.165) is 16.9 Å². The number of nitrogens with zero attached hydrogens (tertiary/aromatic N) is 1. The van der Waals surface area contributed by atoms with E-state index in [-0.39, 0.29) is 10.8 Å². The highest BCUT2D eigenvalue weighted by atomic mass is 35.5. The zero-order valence-corrected chi connectivity index (χ0v) is 12.1. The van der Waals surface area contributed by atoms with Crippen LogP contribution >= 0.6 is 22.9 Å². The Morgan fingerprint density at radius 3 is 2.68 bits per heavy atom. The van der Waals surface area contributed by atoms with Crippen LogP contribution < -0.4 is 10.2 Å². The minimum Gasteiger partial charge on any atom is -0.347 e. The molecule has 0 atom stereocenters. The van der Waals surface area contributed by atoms with Gasteiger partial charge in [-0.25, -0.2) is 0 Å². The molecule has 0 spiro atoms. The molecule has 1 heterocycles. The molecule has 0 aliphatic rings. The second kappa shape index (κ2) is 5.59. The summed E-state index contributed by atoms with van der Waals surface area (Å²) in [6.45, 7) is 2.09. The maximum atomic E-state index is 12.0. The van der Waals surface area contributed by atoms with Gasteiger partial charge in [-0.15, -0.1) is 0 Å². The molecule has 19 heavy (non-hydrogen) atoms. The van der Waals surface area contributed by atoms with Crippen molar-refractivity contribution in [2.24, 2.45) is 7.05 Å². The molecule has 0 saturated heterocycles. The number of thiazole rings is 1. The lowest BCUT2D eigenvalue weighted by Crippen LogP contribution is -2.23. The summed E-state index contributed by atoms with van der Waals surface area (Å²) in [5, 5.41) is 3.38. The first-order valence-corrected chi connectivity index (χ1v) is 6.88. The number of carbonyl (C=O) groups excluding carboxylic acids is 1. The highest BCUT2D eigenvalue weighted by Crippen LogP contribution is 2.15. The van der Waals surface area contributed by atoms with E-state index in [1.54, 1.807) is 20.0 Å². The molecule has 0 aliphatic carbocycles. The van der Waals surface area contributed by atoms with Crippen LogP contribution in [-0.2, 0) is 13.6 Å². The van der Waals surface area contributed by atoms with E-state index in [9.17, 15) is 9.59 Å². The molecular weight excluding hydrogens is 284 g/mol. The zero-order valence-electron chi connectivity index (χ0n) is 10.6. The van der Waals surface area contributed by atoms with Crippen molar-refractivity contribution in [2.45, 2.75) is 13.5 Å². The van der Waals surface area contributed by atoms with Gasteiger partial charge in [0.15, 0.2) is 0 Å². The average Bonchev–Trinajstić information content (AvgIpc) is 2.65. The summed E-state index contributed by atoms with van der Waals surface area (Å²) in [6.07, 6.45) is 0. The van der Waals surface area contributed by atoms with Crippen LogP contribution in [0.25, 0.3) is 0 Å². The van der Waals surface area contributed by atoms with E-state index in [4.69, 9.17) is 11.6 Å². The van der Waals surface area contributed by atoms with Crippen LogP contribution in [0.4, 0.5) is 0 Å². The van der Waals surface area contributed by atoms with Gasteiger partial charge in [0.05, 0.1) is 0 Å². The minimum atomic E-state index is -0.250. The van der Waals surface area contributed by atoms with Gasteiger partial charge >= 0.3 is 4.87 Å². The van der Waals surface area contributed by atoms with Crippen molar-refractivity contribution in [3.05, 3.63) is 55.1 Å². The van der Waals surface area contributed by atoms with Crippen molar-refractivity contribution in [3.63, 3.8) is 0 Å². The predicted molar refractivity (Wildman–Crippen MR) is 76.9 cm³/mol. The van der Waals surface area contributed by atoms with Gasteiger partial charge in [0.2, 0.25) is 0 Å². The number of nitrogens with one attached hydrogen (secondary N) is 1. The largest absolute Gasteiger partial charge is 0.347 e. The lowest BCUT2D eigenvalue weighted by Gasteiger charge is -2.06. The monoisotopic (exact) mass is 296 g/mol. The molecule has 0 aliphatic heterocycles. The van der Waals surface area contributed by atoms with Crippen LogP contribution in [-0.4, -0.2) is 10.5 Å². The summed E-state index contributed by atoms with van der Waals surface area (Å²) < 4.78 is 1.47. The highest BCUT2D eigenvalue weighted by Gasteiger charge is 2.15. The van der Waals surface area contributed by atoms with E-state index in [2.05, 4.69) is 5.32 Å². The third-order valence-electron chi connectivity index (χ3n) is 2.90. The van der Waals surface area contributed by atoms with Crippen molar-refractivity contribution >= 4 is 28.8 Å². The summed E-state index contributed by atoms with van der Waals surface area (Å²) in [4.78, 5) is 23.8. The molecule has 1 aromatic carbocycles. The molecule has 100 valence electrons. The van der Waals surface area contributed by atoms with E-state index in [1.807, 2.05) is 18.2 Å². The third-order valence-corrected chi connectivity index (χ3v) is 4.40. The van der Waals surface area contributed by atoms with Crippen molar-refractivity contribution in [3.8, 4) is 0 Å². The first-order valence-electron chi connectivity index (χ1n) is 5.68. The highest BCUT2D eigenvalue weighted by molar-refractivity contribution is 7.11. The van der Waals surface area contributed by atoms with Crippen molar-refractivity contribution in [1.82, 2.24) is 9.88 Å². The number of carbonyl (C=O) groups is 1. The fourth-order valence-corrected chi connectivity index (χ4v) is 2.73. The number of aromatic nitrogens is 1. The van der Waals surface area contributed by atoms with Gasteiger partial charge in [0.25, 0.3) is 5.91 Å². The Morgan fingerprint density at radius 1 is 1.42 bits per heavy atom. The second-order valence-corrected chi connectivity index (χ2v) is 5.48.